The fourth-order valence-corrected chi connectivity index (χ4v) is 4.59. The van der Waals surface area contributed by atoms with Crippen LogP contribution in [0, 0.1) is 6.92 Å². The predicted molar refractivity (Wildman–Crippen MR) is 121 cm³/mol. The van der Waals surface area contributed by atoms with Gasteiger partial charge in [-0.25, -0.2) is 9.78 Å². The van der Waals surface area contributed by atoms with Gasteiger partial charge in [0.15, 0.2) is 0 Å². The lowest BCUT2D eigenvalue weighted by Gasteiger charge is -2.08. The smallest absolute Gasteiger partial charge is 0.335 e. The number of carboxylic acid groups (broad SMARTS) is 1. The first kappa shape index (κ1) is 18.4. The van der Waals surface area contributed by atoms with Gasteiger partial charge in [0.2, 0.25) is 0 Å². The van der Waals surface area contributed by atoms with Crippen molar-refractivity contribution < 1.29 is 9.90 Å². The van der Waals surface area contributed by atoms with E-state index in [1.165, 1.54) is 21.8 Å². The Balaban J connectivity index is 1.81. The predicted octanol–water partition coefficient (Wildman–Crippen LogP) is 5.86. The van der Waals surface area contributed by atoms with Crippen molar-refractivity contribution in [1.29, 1.82) is 0 Å². The minimum absolute atomic E-state index is 0.294. The minimum Gasteiger partial charge on any atom is -0.478 e. The van der Waals surface area contributed by atoms with Crippen LogP contribution in [0.2, 0.25) is 0 Å². The molecule has 5 heteroatoms. The Hall–Kier alpha value is -3.60. The van der Waals surface area contributed by atoms with Crippen LogP contribution in [0.25, 0.3) is 44.2 Å². The summed E-state index contributed by atoms with van der Waals surface area (Å²) in [6.07, 6.45) is 0. The van der Waals surface area contributed by atoms with Crippen molar-refractivity contribution in [3.8, 4) is 11.4 Å². The van der Waals surface area contributed by atoms with Crippen LogP contribution in [-0.2, 0) is 13.1 Å². The van der Waals surface area contributed by atoms with Gasteiger partial charge in [-0.05, 0) is 62.7 Å². The van der Waals surface area contributed by atoms with Crippen LogP contribution >= 0.6 is 0 Å². The third-order valence-corrected chi connectivity index (χ3v) is 5.95. The van der Waals surface area contributed by atoms with Crippen LogP contribution in [0.4, 0.5) is 0 Å². The Morgan fingerprint density at radius 3 is 2.37 bits per heavy atom. The van der Waals surface area contributed by atoms with Crippen LogP contribution in [0.15, 0.2) is 54.6 Å². The number of hydrogen-bond donors (Lipinski definition) is 1. The molecular weight excluding hydrogens is 374 g/mol. The normalized spacial score (nSPS) is 11.7. The molecule has 0 aliphatic rings. The lowest BCUT2D eigenvalue weighted by Crippen LogP contribution is -2.00. The van der Waals surface area contributed by atoms with E-state index in [4.69, 9.17) is 4.98 Å². The standard InChI is InChI=1S/C25H23N3O2/c1-4-27-20-9-7-6-8-18(20)19-13-16(10-11-21(19)27)24-26-23-15(3)12-17(25(29)30)14-22(23)28(24)5-2/h6-14H,4-5H2,1-3H3,(H,29,30). The zero-order valence-electron chi connectivity index (χ0n) is 17.3. The van der Waals surface area contributed by atoms with Gasteiger partial charge in [0.25, 0.3) is 0 Å². The number of aromatic carboxylic acids is 1. The van der Waals surface area contributed by atoms with Crippen molar-refractivity contribution in [1.82, 2.24) is 14.1 Å². The zero-order valence-corrected chi connectivity index (χ0v) is 17.3. The van der Waals surface area contributed by atoms with Crippen molar-refractivity contribution >= 4 is 38.8 Å². The van der Waals surface area contributed by atoms with Gasteiger partial charge in [-0.15, -0.1) is 0 Å². The Morgan fingerprint density at radius 1 is 0.900 bits per heavy atom. The number of nitrogens with zero attached hydrogens (tertiary/aromatic N) is 3. The molecule has 0 amide bonds. The summed E-state index contributed by atoms with van der Waals surface area (Å²) in [5, 5.41) is 11.9. The fourth-order valence-electron chi connectivity index (χ4n) is 4.59. The topological polar surface area (TPSA) is 60.0 Å². The molecule has 0 atom stereocenters. The molecule has 0 radical (unpaired) electrons. The number of imidazole rings is 1. The second kappa shape index (κ2) is 6.73. The molecule has 0 aliphatic heterocycles. The third-order valence-electron chi connectivity index (χ3n) is 5.95. The van der Waals surface area contributed by atoms with E-state index in [-0.39, 0.29) is 0 Å². The molecule has 5 rings (SSSR count). The van der Waals surface area contributed by atoms with Crippen molar-refractivity contribution in [2.24, 2.45) is 0 Å². The summed E-state index contributed by atoms with van der Waals surface area (Å²) in [7, 11) is 0. The number of aromatic nitrogens is 3. The number of carbonyl (C=O) groups is 1. The molecular formula is C25H23N3O2. The van der Waals surface area contributed by atoms with Crippen LogP contribution in [0.5, 0.6) is 0 Å². The van der Waals surface area contributed by atoms with E-state index in [9.17, 15) is 9.90 Å². The second-order valence-electron chi connectivity index (χ2n) is 7.64. The second-order valence-corrected chi connectivity index (χ2v) is 7.64. The number of fused-ring (bicyclic) bond motifs is 4. The molecule has 2 aromatic heterocycles. The maximum absolute atomic E-state index is 11.5. The summed E-state index contributed by atoms with van der Waals surface area (Å²) in [5.41, 5.74) is 6.37. The van der Waals surface area contributed by atoms with Crippen LogP contribution < -0.4 is 0 Å². The third kappa shape index (κ3) is 2.55. The van der Waals surface area contributed by atoms with Gasteiger partial charge >= 0.3 is 5.97 Å². The summed E-state index contributed by atoms with van der Waals surface area (Å²) >= 11 is 0. The Kier molecular flexibility index (Phi) is 4.13. The number of para-hydroxylation sites is 1. The molecule has 150 valence electrons. The summed E-state index contributed by atoms with van der Waals surface area (Å²) in [5.74, 6) is -0.0485. The monoisotopic (exact) mass is 397 g/mol. The average Bonchev–Trinajstić information content (AvgIpc) is 3.28. The Morgan fingerprint density at radius 2 is 1.63 bits per heavy atom. The first-order chi connectivity index (χ1) is 14.5. The van der Waals surface area contributed by atoms with E-state index in [1.807, 2.05) is 6.92 Å². The van der Waals surface area contributed by atoms with E-state index in [0.29, 0.717) is 12.1 Å². The summed E-state index contributed by atoms with van der Waals surface area (Å²) in [6, 6.07) is 18.4. The maximum atomic E-state index is 11.5. The fraction of sp³-hybridized carbons (Fsp3) is 0.200. The van der Waals surface area contributed by atoms with Gasteiger partial charge in [0.1, 0.15) is 5.82 Å². The highest BCUT2D eigenvalue weighted by Gasteiger charge is 2.18. The van der Waals surface area contributed by atoms with Crippen molar-refractivity contribution in [2.45, 2.75) is 33.9 Å². The van der Waals surface area contributed by atoms with Crippen molar-refractivity contribution in [3.63, 3.8) is 0 Å². The highest BCUT2D eigenvalue weighted by atomic mass is 16.4. The molecule has 0 bridgehead atoms. The molecule has 5 nitrogen and oxygen atoms in total. The molecule has 3 aromatic carbocycles. The minimum atomic E-state index is -0.917. The summed E-state index contributed by atoms with van der Waals surface area (Å²) in [4.78, 5) is 16.5. The first-order valence-electron chi connectivity index (χ1n) is 10.3. The largest absolute Gasteiger partial charge is 0.478 e. The maximum Gasteiger partial charge on any atom is 0.335 e. The first-order valence-corrected chi connectivity index (χ1v) is 10.3. The molecule has 5 aromatic rings. The van der Waals surface area contributed by atoms with E-state index in [1.54, 1.807) is 12.1 Å². The van der Waals surface area contributed by atoms with Gasteiger partial charge in [-0.1, -0.05) is 18.2 Å². The molecule has 0 unspecified atom stereocenters. The number of hydrogen-bond acceptors (Lipinski definition) is 2. The SMILES string of the molecule is CCn1c(-c2ccc3c(c2)c2ccccc2n3CC)nc2c(C)cc(C(=O)O)cc21. The van der Waals surface area contributed by atoms with E-state index < -0.39 is 5.97 Å². The average molecular weight is 397 g/mol. The van der Waals surface area contributed by atoms with Gasteiger partial charge in [0.05, 0.1) is 16.6 Å². The highest BCUT2D eigenvalue weighted by Crippen LogP contribution is 2.34. The van der Waals surface area contributed by atoms with Crippen molar-refractivity contribution in [2.75, 3.05) is 0 Å². The molecule has 0 fully saturated rings. The summed E-state index contributed by atoms with van der Waals surface area (Å²) < 4.78 is 4.44. The molecule has 0 saturated carbocycles. The number of carboxylic acids is 1. The zero-order chi connectivity index (χ0) is 21.0. The molecule has 30 heavy (non-hydrogen) atoms. The molecule has 0 spiro atoms. The lowest BCUT2D eigenvalue weighted by atomic mass is 10.1. The molecule has 0 aliphatic carbocycles. The summed E-state index contributed by atoms with van der Waals surface area (Å²) in [6.45, 7) is 7.77. The van der Waals surface area contributed by atoms with Crippen LogP contribution in [-0.4, -0.2) is 25.2 Å². The quantitative estimate of drug-likeness (QED) is 0.413. The van der Waals surface area contributed by atoms with E-state index >= 15 is 0 Å². The van der Waals surface area contributed by atoms with Gasteiger partial charge < -0.3 is 14.2 Å². The van der Waals surface area contributed by atoms with Gasteiger partial charge in [-0.2, -0.15) is 0 Å². The molecule has 2 heterocycles. The number of aryl methyl sites for hydroxylation is 3. The number of rotatable bonds is 4. The van der Waals surface area contributed by atoms with Gasteiger partial charge in [-0.3, -0.25) is 0 Å². The van der Waals surface area contributed by atoms with E-state index in [0.717, 1.165) is 34.5 Å². The molecule has 1 N–H and O–H groups in total. The van der Waals surface area contributed by atoms with Crippen molar-refractivity contribution in [3.05, 3.63) is 65.7 Å². The Bertz CT molecular complexity index is 1460. The van der Waals surface area contributed by atoms with Gasteiger partial charge in [0, 0.05) is 40.5 Å². The lowest BCUT2D eigenvalue weighted by molar-refractivity contribution is 0.0697. The number of benzene rings is 3. The van der Waals surface area contributed by atoms with E-state index in [2.05, 4.69) is 65.4 Å². The highest BCUT2D eigenvalue weighted by molar-refractivity contribution is 6.09. The Labute approximate surface area is 174 Å². The van der Waals surface area contributed by atoms with Crippen LogP contribution in [0.1, 0.15) is 29.8 Å². The van der Waals surface area contributed by atoms with Crippen LogP contribution in [0.3, 0.4) is 0 Å². The molecule has 0 saturated heterocycles.